The Morgan fingerprint density at radius 3 is 2.52 bits per heavy atom. The molecule has 5 nitrogen and oxygen atoms in total. The topological polar surface area (TPSA) is 55.3 Å². The van der Waals surface area contributed by atoms with Crippen LogP contribution in [-0.2, 0) is 0 Å². The Balaban J connectivity index is 1.96. The maximum atomic E-state index is 12.6. The molecule has 1 aliphatic heterocycles. The minimum absolute atomic E-state index is 0.0701. The van der Waals surface area contributed by atoms with Crippen LogP contribution in [0.15, 0.2) is 36.4 Å². The molecule has 1 amide bonds. The molecule has 21 heavy (non-hydrogen) atoms. The lowest BCUT2D eigenvalue weighted by atomic mass is 10.0. The molecular weight excluding hydrogens is 266 g/mol. The van der Waals surface area contributed by atoms with Crippen LogP contribution in [0, 0.1) is 0 Å². The Labute approximate surface area is 123 Å². The standard InChI is InChI=1S/C16H17N3O2/c1-21-15-9-8-14(17-18-15)12-6-2-3-7-13(12)16(20)19-10-4-5-11-19/h2-3,6-9H,4-5,10-11H2,1H3. The van der Waals surface area contributed by atoms with Gasteiger partial charge >= 0.3 is 0 Å². The summed E-state index contributed by atoms with van der Waals surface area (Å²) in [5.41, 5.74) is 2.17. The summed E-state index contributed by atoms with van der Waals surface area (Å²) < 4.78 is 5.02. The minimum Gasteiger partial charge on any atom is -0.480 e. The second kappa shape index (κ2) is 5.91. The molecule has 3 rings (SSSR count). The van der Waals surface area contributed by atoms with Gasteiger partial charge in [0.25, 0.3) is 5.91 Å². The first-order valence-corrected chi connectivity index (χ1v) is 7.06. The van der Waals surface area contributed by atoms with Crippen LogP contribution < -0.4 is 4.74 Å². The number of benzene rings is 1. The van der Waals surface area contributed by atoms with Gasteiger partial charge in [-0.1, -0.05) is 18.2 Å². The van der Waals surface area contributed by atoms with Crippen molar-refractivity contribution < 1.29 is 9.53 Å². The Bertz CT molecular complexity index is 634. The number of likely N-dealkylation sites (tertiary alicyclic amines) is 1. The maximum Gasteiger partial charge on any atom is 0.254 e. The van der Waals surface area contributed by atoms with E-state index in [9.17, 15) is 4.79 Å². The fourth-order valence-electron chi connectivity index (χ4n) is 2.56. The van der Waals surface area contributed by atoms with Gasteiger partial charge in [0, 0.05) is 30.3 Å². The molecule has 0 bridgehead atoms. The monoisotopic (exact) mass is 283 g/mol. The number of carbonyl (C=O) groups excluding carboxylic acids is 1. The summed E-state index contributed by atoms with van der Waals surface area (Å²) in [6.45, 7) is 1.67. The molecule has 1 aromatic carbocycles. The molecule has 108 valence electrons. The molecule has 0 radical (unpaired) electrons. The number of rotatable bonds is 3. The number of methoxy groups -OCH3 is 1. The van der Waals surface area contributed by atoms with E-state index in [0.29, 0.717) is 17.1 Å². The van der Waals surface area contributed by atoms with Gasteiger partial charge in [-0.2, -0.15) is 0 Å². The number of hydrogen-bond donors (Lipinski definition) is 0. The fraction of sp³-hybridized carbons (Fsp3) is 0.312. The van der Waals surface area contributed by atoms with Crippen LogP contribution in [-0.4, -0.2) is 41.2 Å². The highest BCUT2D eigenvalue weighted by Crippen LogP contribution is 2.24. The average Bonchev–Trinajstić information content (AvgIpc) is 3.09. The Hall–Kier alpha value is -2.43. The van der Waals surface area contributed by atoms with E-state index in [1.54, 1.807) is 13.2 Å². The van der Waals surface area contributed by atoms with Crippen molar-refractivity contribution in [2.75, 3.05) is 20.2 Å². The predicted molar refractivity (Wildman–Crippen MR) is 79.2 cm³/mol. The molecule has 0 spiro atoms. The van der Waals surface area contributed by atoms with Gasteiger partial charge in [-0.05, 0) is 25.0 Å². The maximum absolute atomic E-state index is 12.6. The summed E-state index contributed by atoms with van der Waals surface area (Å²) in [7, 11) is 1.55. The molecular formula is C16H17N3O2. The first-order chi connectivity index (χ1) is 10.3. The van der Waals surface area contributed by atoms with Crippen molar-refractivity contribution in [3.8, 4) is 17.1 Å². The lowest BCUT2D eigenvalue weighted by Gasteiger charge is -2.17. The van der Waals surface area contributed by atoms with Gasteiger partial charge in [0.2, 0.25) is 5.88 Å². The summed E-state index contributed by atoms with van der Waals surface area (Å²) in [6, 6.07) is 11.1. The van der Waals surface area contributed by atoms with E-state index in [1.165, 1.54) is 0 Å². The van der Waals surface area contributed by atoms with Crippen LogP contribution in [0.25, 0.3) is 11.3 Å². The second-order valence-electron chi connectivity index (χ2n) is 5.01. The van der Waals surface area contributed by atoms with Crippen molar-refractivity contribution in [3.63, 3.8) is 0 Å². The van der Waals surface area contributed by atoms with E-state index in [2.05, 4.69) is 10.2 Å². The van der Waals surface area contributed by atoms with E-state index < -0.39 is 0 Å². The van der Waals surface area contributed by atoms with Crippen molar-refractivity contribution >= 4 is 5.91 Å². The normalized spacial score (nSPS) is 14.2. The number of aromatic nitrogens is 2. The zero-order chi connectivity index (χ0) is 14.7. The van der Waals surface area contributed by atoms with Gasteiger partial charge in [-0.15, -0.1) is 10.2 Å². The summed E-state index contributed by atoms with van der Waals surface area (Å²) in [6.07, 6.45) is 2.16. The predicted octanol–water partition coefficient (Wildman–Crippen LogP) is 2.39. The molecule has 2 heterocycles. The molecule has 5 heteroatoms. The van der Waals surface area contributed by atoms with E-state index >= 15 is 0 Å². The van der Waals surface area contributed by atoms with Crippen LogP contribution in [0.2, 0.25) is 0 Å². The third-order valence-corrected chi connectivity index (χ3v) is 3.68. The first-order valence-electron chi connectivity index (χ1n) is 7.06. The molecule has 1 saturated heterocycles. The third kappa shape index (κ3) is 2.72. The zero-order valence-corrected chi connectivity index (χ0v) is 12.0. The molecule has 1 aliphatic rings. The van der Waals surface area contributed by atoms with Crippen LogP contribution in [0.4, 0.5) is 0 Å². The molecule has 0 aliphatic carbocycles. The zero-order valence-electron chi connectivity index (χ0n) is 12.0. The van der Waals surface area contributed by atoms with E-state index in [4.69, 9.17) is 4.74 Å². The number of carbonyl (C=O) groups is 1. The average molecular weight is 283 g/mol. The molecule has 0 saturated carbocycles. The molecule has 0 N–H and O–H groups in total. The molecule has 0 unspecified atom stereocenters. The van der Waals surface area contributed by atoms with Crippen molar-refractivity contribution in [3.05, 3.63) is 42.0 Å². The van der Waals surface area contributed by atoms with Gasteiger partial charge in [0.05, 0.1) is 12.8 Å². The Morgan fingerprint density at radius 1 is 1.10 bits per heavy atom. The minimum atomic E-state index is 0.0701. The first kappa shape index (κ1) is 13.5. The van der Waals surface area contributed by atoms with E-state index in [1.807, 2.05) is 35.2 Å². The molecule has 2 aromatic rings. The SMILES string of the molecule is COc1ccc(-c2ccccc2C(=O)N2CCCC2)nn1. The van der Waals surface area contributed by atoms with Crippen LogP contribution in [0.1, 0.15) is 23.2 Å². The quantitative estimate of drug-likeness (QED) is 0.868. The van der Waals surface area contributed by atoms with E-state index in [-0.39, 0.29) is 5.91 Å². The van der Waals surface area contributed by atoms with Crippen LogP contribution >= 0.6 is 0 Å². The number of hydrogen-bond acceptors (Lipinski definition) is 4. The summed E-state index contributed by atoms with van der Waals surface area (Å²) in [4.78, 5) is 14.5. The summed E-state index contributed by atoms with van der Waals surface area (Å²) in [5, 5.41) is 8.12. The highest BCUT2D eigenvalue weighted by Gasteiger charge is 2.22. The smallest absolute Gasteiger partial charge is 0.254 e. The van der Waals surface area contributed by atoms with Crippen molar-refractivity contribution in [2.24, 2.45) is 0 Å². The van der Waals surface area contributed by atoms with Gasteiger partial charge in [0.1, 0.15) is 0 Å². The molecule has 1 fully saturated rings. The van der Waals surface area contributed by atoms with Gasteiger partial charge < -0.3 is 9.64 Å². The lowest BCUT2D eigenvalue weighted by molar-refractivity contribution is 0.0793. The number of nitrogens with zero attached hydrogens (tertiary/aromatic N) is 3. The van der Waals surface area contributed by atoms with Gasteiger partial charge in [-0.3, -0.25) is 4.79 Å². The van der Waals surface area contributed by atoms with Crippen molar-refractivity contribution in [2.45, 2.75) is 12.8 Å². The number of ether oxygens (including phenoxy) is 1. The van der Waals surface area contributed by atoms with Gasteiger partial charge in [-0.25, -0.2) is 0 Å². The Morgan fingerprint density at radius 2 is 1.86 bits per heavy atom. The van der Waals surface area contributed by atoms with E-state index in [0.717, 1.165) is 31.5 Å². The largest absolute Gasteiger partial charge is 0.480 e. The molecule has 1 aromatic heterocycles. The second-order valence-corrected chi connectivity index (χ2v) is 5.01. The lowest BCUT2D eigenvalue weighted by Crippen LogP contribution is -2.28. The Kier molecular flexibility index (Phi) is 3.81. The number of amides is 1. The summed E-state index contributed by atoms with van der Waals surface area (Å²) >= 11 is 0. The highest BCUT2D eigenvalue weighted by molar-refractivity contribution is 6.00. The van der Waals surface area contributed by atoms with Crippen molar-refractivity contribution in [1.29, 1.82) is 0 Å². The van der Waals surface area contributed by atoms with Crippen LogP contribution in [0.3, 0.4) is 0 Å². The van der Waals surface area contributed by atoms with Gasteiger partial charge in [0.15, 0.2) is 0 Å². The fourth-order valence-corrected chi connectivity index (χ4v) is 2.56. The van der Waals surface area contributed by atoms with Crippen molar-refractivity contribution in [1.82, 2.24) is 15.1 Å². The van der Waals surface area contributed by atoms with Crippen LogP contribution in [0.5, 0.6) is 5.88 Å². The highest BCUT2D eigenvalue weighted by atomic mass is 16.5. The third-order valence-electron chi connectivity index (χ3n) is 3.68. The molecule has 0 atom stereocenters. The summed E-state index contributed by atoms with van der Waals surface area (Å²) in [5.74, 6) is 0.530.